The van der Waals surface area contributed by atoms with Gasteiger partial charge in [-0.2, -0.15) is 5.21 Å². The fourth-order valence-electron chi connectivity index (χ4n) is 3.17. The van der Waals surface area contributed by atoms with Gasteiger partial charge in [0.2, 0.25) is 5.82 Å². The maximum absolute atomic E-state index is 6.50. The first-order valence-electron chi connectivity index (χ1n) is 8.87. The summed E-state index contributed by atoms with van der Waals surface area (Å²) < 4.78 is 7.05. The average Bonchev–Trinajstić information content (AvgIpc) is 3.31. The summed E-state index contributed by atoms with van der Waals surface area (Å²) in [5, 5.41) is 15.6. The third-order valence-corrected chi connectivity index (χ3v) is 5.66. The Bertz CT molecular complexity index is 1080. The van der Waals surface area contributed by atoms with E-state index >= 15 is 0 Å². The Morgan fingerprint density at radius 2 is 1.96 bits per heavy atom. The number of hydrogen-bond donors (Lipinski definition) is 1. The summed E-state index contributed by atoms with van der Waals surface area (Å²) in [6, 6.07) is 12.4. The van der Waals surface area contributed by atoms with Gasteiger partial charge in [-0.05, 0) is 65.4 Å². The van der Waals surface area contributed by atoms with Gasteiger partial charge in [0, 0.05) is 14.9 Å². The van der Waals surface area contributed by atoms with Crippen LogP contribution in [0.5, 0.6) is 0 Å². The first-order valence-corrected chi connectivity index (χ1v) is 10.0. The van der Waals surface area contributed by atoms with Gasteiger partial charge in [0.15, 0.2) is 5.76 Å². The molecule has 0 spiro atoms. The molecule has 4 rings (SSSR count). The van der Waals surface area contributed by atoms with Gasteiger partial charge in [-0.25, -0.2) is 0 Å². The molecule has 0 amide bonds. The maximum Gasteiger partial charge on any atom is 0.239 e. The van der Waals surface area contributed by atoms with Crippen LogP contribution in [0.25, 0.3) is 22.6 Å². The molecular weight excluding hydrogens is 428 g/mol. The van der Waals surface area contributed by atoms with E-state index < -0.39 is 0 Å². The zero-order valence-corrected chi connectivity index (χ0v) is 17.1. The normalized spacial score (nSPS) is 11.4. The van der Waals surface area contributed by atoms with E-state index in [2.05, 4.69) is 61.7 Å². The number of furan rings is 1. The van der Waals surface area contributed by atoms with Crippen LogP contribution in [0.2, 0.25) is 5.02 Å². The Kier molecular flexibility index (Phi) is 5.27. The van der Waals surface area contributed by atoms with E-state index in [4.69, 9.17) is 16.0 Å². The summed E-state index contributed by atoms with van der Waals surface area (Å²) in [5.74, 6) is 1.00. The predicted molar refractivity (Wildman–Crippen MR) is 110 cm³/mol. The lowest BCUT2D eigenvalue weighted by atomic mass is 10.0. The predicted octanol–water partition coefficient (Wildman–Crippen LogP) is 5.77. The Balaban J connectivity index is 1.55. The topological polar surface area (TPSA) is 67.6 Å². The van der Waals surface area contributed by atoms with Gasteiger partial charge in [-0.15, -0.1) is 10.2 Å². The van der Waals surface area contributed by atoms with Crippen molar-refractivity contribution >= 4 is 38.5 Å². The van der Waals surface area contributed by atoms with Crippen molar-refractivity contribution < 1.29 is 4.42 Å². The standard InChI is InChI=1S/C20H18BrClN4O/c1-2-3-13-6-4-12(8-16(13)21)5-7-14-10-18-15(9-17(14)22)11-19(27-18)20-23-25-26-24-20/h4,6,8-11H,2-3,5,7H2,1H3,(H,23,24,25,26). The number of nitrogens with one attached hydrogen (secondary N) is 1. The number of hydrogen-bond acceptors (Lipinski definition) is 4. The first-order chi connectivity index (χ1) is 13.1. The molecule has 0 radical (unpaired) electrons. The number of aryl methyl sites for hydroxylation is 3. The van der Waals surface area contributed by atoms with Crippen molar-refractivity contribution in [3.63, 3.8) is 0 Å². The Morgan fingerprint density at radius 1 is 1.07 bits per heavy atom. The van der Waals surface area contributed by atoms with E-state index in [1.807, 2.05) is 18.2 Å². The second kappa shape index (κ2) is 7.82. The van der Waals surface area contributed by atoms with E-state index in [1.165, 1.54) is 15.6 Å². The molecule has 0 bridgehead atoms. The van der Waals surface area contributed by atoms with Crippen LogP contribution in [0.15, 0.2) is 45.3 Å². The second-order valence-corrected chi connectivity index (χ2v) is 7.76. The lowest BCUT2D eigenvalue weighted by Gasteiger charge is -2.08. The Morgan fingerprint density at radius 3 is 2.70 bits per heavy atom. The van der Waals surface area contributed by atoms with Crippen LogP contribution in [0, 0.1) is 0 Å². The largest absolute Gasteiger partial charge is 0.453 e. The van der Waals surface area contributed by atoms with Gasteiger partial charge in [0.05, 0.1) is 0 Å². The number of tetrazole rings is 1. The van der Waals surface area contributed by atoms with Crippen molar-refractivity contribution in [2.45, 2.75) is 32.6 Å². The minimum absolute atomic E-state index is 0.431. The lowest BCUT2D eigenvalue weighted by Crippen LogP contribution is -1.94. The number of fused-ring (bicyclic) bond motifs is 1. The highest BCUT2D eigenvalue weighted by molar-refractivity contribution is 9.10. The van der Waals surface area contributed by atoms with Gasteiger partial charge in [-0.1, -0.05) is 53.0 Å². The van der Waals surface area contributed by atoms with Crippen molar-refractivity contribution in [3.05, 3.63) is 62.6 Å². The fourth-order valence-corrected chi connectivity index (χ4v) is 4.06. The fraction of sp³-hybridized carbons (Fsp3) is 0.250. The van der Waals surface area contributed by atoms with Gasteiger partial charge in [0.1, 0.15) is 5.58 Å². The quantitative estimate of drug-likeness (QED) is 0.409. The summed E-state index contributed by atoms with van der Waals surface area (Å²) in [5.41, 5.74) is 4.47. The molecule has 2 aromatic heterocycles. The van der Waals surface area contributed by atoms with Gasteiger partial charge in [0.25, 0.3) is 0 Å². The molecule has 2 heterocycles. The van der Waals surface area contributed by atoms with Crippen LogP contribution in [0.3, 0.4) is 0 Å². The molecule has 0 fully saturated rings. The lowest BCUT2D eigenvalue weighted by molar-refractivity contribution is 0.625. The number of rotatable bonds is 6. The van der Waals surface area contributed by atoms with Gasteiger partial charge >= 0.3 is 0 Å². The van der Waals surface area contributed by atoms with Crippen LogP contribution in [0.1, 0.15) is 30.0 Å². The van der Waals surface area contributed by atoms with E-state index in [-0.39, 0.29) is 0 Å². The summed E-state index contributed by atoms with van der Waals surface area (Å²) in [6.45, 7) is 2.19. The Labute approximate surface area is 170 Å². The molecule has 0 saturated heterocycles. The zero-order valence-electron chi connectivity index (χ0n) is 14.8. The molecule has 0 atom stereocenters. The maximum atomic E-state index is 6.50. The highest BCUT2D eigenvalue weighted by Crippen LogP contribution is 2.31. The van der Waals surface area contributed by atoms with E-state index in [9.17, 15) is 0 Å². The smallest absolute Gasteiger partial charge is 0.239 e. The summed E-state index contributed by atoms with van der Waals surface area (Å²) >= 11 is 10.2. The minimum atomic E-state index is 0.431. The highest BCUT2D eigenvalue weighted by Gasteiger charge is 2.13. The van der Waals surface area contributed by atoms with Crippen molar-refractivity contribution in [3.8, 4) is 11.6 Å². The third-order valence-electron chi connectivity index (χ3n) is 4.57. The van der Waals surface area contributed by atoms with Crippen LogP contribution in [0.4, 0.5) is 0 Å². The molecule has 7 heteroatoms. The molecule has 5 nitrogen and oxygen atoms in total. The molecule has 1 N–H and O–H groups in total. The summed E-state index contributed by atoms with van der Waals surface area (Å²) in [7, 11) is 0. The number of nitrogens with zero attached hydrogens (tertiary/aromatic N) is 3. The Hall–Kier alpha value is -2.18. The van der Waals surface area contributed by atoms with Crippen molar-refractivity contribution in [2.24, 2.45) is 0 Å². The van der Waals surface area contributed by atoms with E-state index in [1.54, 1.807) is 0 Å². The zero-order chi connectivity index (χ0) is 18.8. The highest BCUT2D eigenvalue weighted by atomic mass is 79.9. The molecule has 138 valence electrons. The number of H-pyrrole nitrogens is 1. The molecule has 0 aliphatic rings. The van der Waals surface area contributed by atoms with Crippen LogP contribution in [-0.2, 0) is 19.3 Å². The molecule has 0 aliphatic heterocycles. The number of benzene rings is 2. The van der Waals surface area contributed by atoms with E-state index in [0.717, 1.165) is 47.2 Å². The second-order valence-electron chi connectivity index (χ2n) is 6.50. The molecule has 0 unspecified atom stereocenters. The number of aromatic nitrogens is 4. The third kappa shape index (κ3) is 3.92. The molecule has 0 aliphatic carbocycles. The molecule has 27 heavy (non-hydrogen) atoms. The number of halogens is 2. The summed E-state index contributed by atoms with van der Waals surface area (Å²) in [6.07, 6.45) is 3.98. The minimum Gasteiger partial charge on any atom is -0.453 e. The van der Waals surface area contributed by atoms with Gasteiger partial charge < -0.3 is 4.42 Å². The van der Waals surface area contributed by atoms with Crippen LogP contribution < -0.4 is 0 Å². The van der Waals surface area contributed by atoms with Crippen LogP contribution in [-0.4, -0.2) is 20.6 Å². The van der Waals surface area contributed by atoms with Crippen molar-refractivity contribution in [1.82, 2.24) is 20.6 Å². The molecule has 0 saturated carbocycles. The SMILES string of the molecule is CCCc1ccc(CCc2cc3oc(-c4nn[nH]n4)cc3cc2Cl)cc1Br. The molecule has 4 aromatic rings. The first kappa shape index (κ1) is 18.2. The van der Waals surface area contributed by atoms with Gasteiger partial charge in [-0.3, -0.25) is 0 Å². The molecular formula is C20H18BrClN4O. The van der Waals surface area contributed by atoms with Crippen molar-refractivity contribution in [1.29, 1.82) is 0 Å². The van der Waals surface area contributed by atoms with E-state index in [0.29, 0.717) is 11.6 Å². The number of aromatic amines is 1. The summed E-state index contributed by atoms with van der Waals surface area (Å²) in [4.78, 5) is 0. The van der Waals surface area contributed by atoms with Crippen molar-refractivity contribution in [2.75, 3.05) is 0 Å². The average molecular weight is 446 g/mol. The molecule has 2 aromatic carbocycles. The van der Waals surface area contributed by atoms with Crippen LogP contribution >= 0.6 is 27.5 Å². The monoisotopic (exact) mass is 444 g/mol.